The van der Waals surface area contributed by atoms with Gasteiger partial charge in [0.25, 0.3) is 0 Å². The second-order valence-electron chi connectivity index (χ2n) is 10.5. The fourth-order valence-electron chi connectivity index (χ4n) is 5.90. The van der Waals surface area contributed by atoms with E-state index < -0.39 is 16.1 Å². The summed E-state index contributed by atoms with van der Waals surface area (Å²) in [5.41, 5.74) is 9.76. The Morgan fingerprint density at radius 3 is 2.46 bits per heavy atom. The summed E-state index contributed by atoms with van der Waals surface area (Å²) in [4.78, 5) is 29.8. The Morgan fingerprint density at radius 2 is 1.73 bits per heavy atom. The van der Waals surface area contributed by atoms with Gasteiger partial charge in [-0.05, 0) is 60.3 Å². The van der Waals surface area contributed by atoms with Gasteiger partial charge in [0, 0.05) is 31.1 Å². The predicted octanol–water partition coefficient (Wildman–Crippen LogP) is 3.72. The number of primary amides is 1. The molecule has 3 aromatic carbocycles. The van der Waals surface area contributed by atoms with Gasteiger partial charge < -0.3 is 20.9 Å². The molecule has 0 aromatic heterocycles. The van der Waals surface area contributed by atoms with Gasteiger partial charge in [-0.2, -0.15) is 4.31 Å². The van der Waals surface area contributed by atoms with E-state index in [1.54, 1.807) is 18.2 Å². The molecule has 3 aromatic rings. The molecule has 41 heavy (non-hydrogen) atoms. The van der Waals surface area contributed by atoms with Crippen molar-refractivity contribution in [1.29, 1.82) is 0 Å². The zero-order chi connectivity index (χ0) is 29.1. The third-order valence-electron chi connectivity index (χ3n) is 7.79. The van der Waals surface area contributed by atoms with Gasteiger partial charge in [0.1, 0.15) is 0 Å². The molecule has 3 N–H and O–H groups in total. The first-order chi connectivity index (χ1) is 19.6. The number of anilines is 2. The molecule has 0 saturated carbocycles. The summed E-state index contributed by atoms with van der Waals surface area (Å²) in [5.74, 6) is 0.0527. The van der Waals surface area contributed by atoms with Gasteiger partial charge in [-0.25, -0.2) is 13.2 Å². The van der Waals surface area contributed by atoms with Gasteiger partial charge >= 0.3 is 6.03 Å². The molecule has 1 saturated heterocycles. The van der Waals surface area contributed by atoms with E-state index in [0.29, 0.717) is 47.5 Å². The molecule has 9 nitrogen and oxygen atoms in total. The van der Waals surface area contributed by atoms with Crippen molar-refractivity contribution in [3.05, 3.63) is 94.5 Å². The minimum Gasteiger partial charge on any atom is -0.361 e. The molecule has 1 fully saturated rings. The van der Waals surface area contributed by atoms with Crippen molar-refractivity contribution in [3.8, 4) is 0 Å². The molecule has 0 bridgehead atoms. The number of halogens is 1. The van der Waals surface area contributed by atoms with Crippen LogP contribution in [0.15, 0.2) is 72.8 Å². The normalized spacial score (nSPS) is 19.0. The molecule has 0 spiro atoms. The van der Waals surface area contributed by atoms with E-state index in [9.17, 15) is 18.0 Å². The molecule has 0 aliphatic carbocycles. The van der Waals surface area contributed by atoms with Crippen LogP contribution in [0.4, 0.5) is 16.2 Å². The maximum Gasteiger partial charge on any atom is 0.333 e. The summed E-state index contributed by atoms with van der Waals surface area (Å²) in [7, 11) is -3.99. The number of nitrogens with one attached hydrogen (secondary N) is 1. The zero-order valence-corrected chi connectivity index (χ0v) is 24.4. The van der Waals surface area contributed by atoms with E-state index in [1.807, 2.05) is 47.4 Å². The minimum absolute atomic E-state index is 0.0527. The molecule has 2 heterocycles. The Kier molecular flexibility index (Phi) is 8.53. The number of carbonyl (C=O) groups excluding carboxylic acids is 2. The molecule has 2 atom stereocenters. The van der Waals surface area contributed by atoms with Crippen LogP contribution in [0, 0.1) is 0 Å². The summed E-state index contributed by atoms with van der Waals surface area (Å²) < 4.78 is 25.9. The number of para-hydroxylation sites is 2. The van der Waals surface area contributed by atoms with Crippen LogP contribution in [0.5, 0.6) is 0 Å². The Morgan fingerprint density at radius 1 is 1.02 bits per heavy atom. The van der Waals surface area contributed by atoms with Crippen molar-refractivity contribution in [2.45, 2.75) is 31.3 Å². The molecular formula is C30H34ClN5O4S. The maximum absolute atomic E-state index is 13.5. The van der Waals surface area contributed by atoms with E-state index in [0.717, 1.165) is 30.3 Å². The van der Waals surface area contributed by atoms with E-state index in [4.69, 9.17) is 17.3 Å². The van der Waals surface area contributed by atoms with Crippen molar-refractivity contribution in [1.82, 2.24) is 10.2 Å². The number of nitrogens with two attached hydrogens (primary N) is 1. The van der Waals surface area contributed by atoms with E-state index in [-0.39, 0.29) is 23.7 Å². The highest BCUT2D eigenvalue weighted by Gasteiger charge is 2.39. The highest BCUT2D eigenvalue weighted by atomic mass is 35.5. The number of fused-ring (bicyclic) bond motifs is 1. The fourth-order valence-corrected chi connectivity index (χ4v) is 6.87. The minimum atomic E-state index is -3.99. The molecular weight excluding hydrogens is 562 g/mol. The van der Waals surface area contributed by atoms with Gasteiger partial charge in [-0.3, -0.25) is 4.79 Å². The van der Waals surface area contributed by atoms with Gasteiger partial charge in [0.05, 0.1) is 29.7 Å². The Labute approximate surface area is 245 Å². The summed E-state index contributed by atoms with van der Waals surface area (Å²) in [6, 6.07) is 21.2. The topological polar surface area (TPSA) is 116 Å². The number of aryl methyl sites for hydroxylation is 1. The van der Waals surface area contributed by atoms with Crippen LogP contribution >= 0.6 is 11.6 Å². The molecule has 11 heteroatoms. The summed E-state index contributed by atoms with van der Waals surface area (Å²) in [5, 5.41) is 4.31. The lowest BCUT2D eigenvalue weighted by atomic mass is 9.87. The summed E-state index contributed by atoms with van der Waals surface area (Å²) in [6.07, 6.45) is 2.82. The molecule has 1 unspecified atom stereocenters. The number of rotatable bonds is 7. The second kappa shape index (κ2) is 12.1. The predicted molar refractivity (Wildman–Crippen MR) is 162 cm³/mol. The van der Waals surface area contributed by atoms with Crippen LogP contribution in [-0.2, 0) is 27.7 Å². The van der Waals surface area contributed by atoms with Crippen molar-refractivity contribution in [3.63, 3.8) is 0 Å². The molecule has 5 rings (SSSR count). The maximum atomic E-state index is 13.5. The number of piperazine rings is 1. The number of hydrogen-bond donors (Lipinski definition) is 2. The molecule has 216 valence electrons. The number of hydrogen-bond acceptors (Lipinski definition) is 6. The third kappa shape index (κ3) is 6.34. The Hall–Kier alpha value is -3.60. The second-order valence-corrected chi connectivity index (χ2v) is 12.7. The van der Waals surface area contributed by atoms with Crippen molar-refractivity contribution < 1.29 is 18.0 Å². The highest BCUT2D eigenvalue weighted by Crippen LogP contribution is 2.38. The quantitative estimate of drug-likeness (QED) is 0.430. The molecule has 2 aliphatic heterocycles. The van der Waals surface area contributed by atoms with Crippen molar-refractivity contribution in [2.24, 2.45) is 5.73 Å². The van der Waals surface area contributed by atoms with Gasteiger partial charge in [0.2, 0.25) is 15.9 Å². The lowest BCUT2D eigenvalue weighted by Crippen LogP contribution is -2.60. The highest BCUT2D eigenvalue weighted by molar-refractivity contribution is 7.92. The van der Waals surface area contributed by atoms with Crippen molar-refractivity contribution in [2.75, 3.05) is 41.6 Å². The van der Waals surface area contributed by atoms with Gasteiger partial charge in [-0.1, -0.05) is 60.1 Å². The zero-order valence-electron chi connectivity index (χ0n) is 22.9. The van der Waals surface area contributed by atoms with Crippen LogP contribution in [0.25, 0.3) is 0 Å². The Balaban J connectivity index is 1.48. The van der Waals surface area contributed by atoms with Crippen molar-refractivity contribution >= 4 is 44.9 Å². The van der Waals surface area contributed by atoms with Crippen LogP contribution < -0.4 is 20.3 Å². The number of benzene rings is 3. The van der Waals surface area contributed by atoms with Gasteiger partial charge in [0.15, 0.2) is 0 Å². The van der Waals surface area contributed by atoms with Crippen LogP contribution in [0.2, 0.25) is 5.02 Å². The molecule has 3 amide bonds. The SMILES string of the molecule is CS(=O)(=O)N(C(N)=O)c1ccccc1N1CCN(C(=O)CCc2ccc(Cl)cc2)C[C@H]1C1NCCc2ccccc21. The van der Waals surface area contributed by atoms with Gasteiger partial charge in [-0.15, -0.1) is 0 Å². The smallest absolute Gasteiger partial charge is 0.333 e. The average Bonchev–Trinajstić information content (AvgIpc) is 2.95. The number of amides is 3. The molecule has 0 radical (unpaired) electrons. The summed E-state index contributed by atoms with van der Waals surface area (Å²) >= 11 is 6.01. The molecule has 2 aliphatic rings. The van der Waals surface area contributed by atoms with Crippen LogP contribution in [-0.4, -0.2) is 63.7 Å². The first-order valence-electron chi connectivity index (χ1n) is 13.6. The Bertz CT molecular complexity index is 1530. The van der Waals surface area contributed by atoms with Crippen LogP contribution in [0.1, 0.15) is 29.2 Å². The van der Waals surface area contributed by atoms with E-state index in [1.165, 1.54) is 5.56 Å². The summed E-state index contributed by atoms with van der Waals surface area (Å²) in [6.45, 7) is 2.10. The average molecular weight is 596 g/mol. The van der Waals surface area contributed by atoms with E-state index in [2.05, 4.69) is 22.3 Å². The lowest BCUT2D eigenvalue weighted by Gasteiger charge is -2.48. The fraction of sp³-hybridized carbons (Fsp3) is 0.333. The van der Waals surface area contributed by atoms with Crippen LogP contribution in [0.3, 0.4) is 0 Å². The number of nitrogens with zero attached hydrogens (tertiary/aromatic N) is 3. The van der Waals surface area contributed by atoms with E-state index >= 15 is 0 Å². The first kappa shape index (κ1) is 28.9. The number of sulfonamides is 1. The standard InChI is InChI=1S/C30H34ClN5O4S/c1-41(39,40)36(30(32)38)26-9-5-4-8-25(26)35-19-18-34(28(37)15-12-21-10-13-23(31)14-11-21)20-27(35)29-24-7-3-2-6-22(24)16-17-33-29/h2-11,13-14,27,29,33H,12,15-20H2,1H3,(H2,32,38)/t27-,29?/m0/s1. The largest absolute Gasteiger partial charge is 0.361 e. The number of urea groups is 1. The first-order valence-corrected chi connectivity index (χ1v) is 15.8. The number of carbonyl (C=O) groups is 2. The monoisotopic (exact) mass is 595 g/mol. The third-order valence-corrected chi connectivity index (χ3v) is 9.08. The lowest BCUT2D eigenvalue weighted by molar-refractivity contribution is -0.132.